The van der Waals surface area contributed by atoms with Gasteiger partial charge in [0.2, 0.25) is 0 Å². The normalized spacial score (nSPS) is 10.8. The summed E-state index contributed by atoms with van der Waals surface area (Å²) in [5, 5.41) is 9.95. The molecule has 0 unspecified atom stereocenters. The number of aryl methyl sites for hydroxylation is 2. The summed E-state index contributed by atoms with van der Waals surface area (Å²) in [5.74, 6) is 1.26. The number of carbonyl (C=O) groups is 1. The van der Waals surface area contributed by atoms with Gasteiger partial charge in [-0.25, -0.2) is 4.98 Å². The number of benzene rings is 2. The lowest BCUT2D eigenvalue weighted by molar-refractivity contribution is 0.102. The summed E-state index contributed by atoms with van der Waals surface area (Å²) in [6, 6.07) is 17.2. The molecular formula is C22H19N3O2S2. The molecule has 2 heterocycles. The number of aromatic nitrogens is 2. The maximum atomic E-state index is 12.9. The molecule has 7 heteroatoms. The Hall–Kier alpha value is -2.90. The van der Waals surface area contributed by atoms with E-state index in [2.05, 4.69) is 15.5 Å². The van der Waals surface area contributed by atoms with E-state index in [-0.39, 0.29) is 5.91 Å². The fourth-order valence-electron chi connectivity index (χ4n) is 2.86. The number of anilines is 1. The minimum absolute atomic E-state index is 0.145. The number of nitrogens with one attached hydrogen (secondary N) is 1. The number of nitrogens with zero attached hydrogens (tertiary/aromatic N) is 2. The second-order valence-electron chi connectivity index (χ2n) is 6.51. The van der Waals surface area contributed by atoms with E-state index in [0.717, 1.165) is 38.3 Å². The van der Waals surface area contributed by atoms with Gasteiger partial charge in [0, 0.05) is 27.6 Å². The first kappa shape index (κ1) is 19.4. The van der Waals surface area contributed by atoms with Crippen LogP contribution in [0.3, 0.4) is 0 Å². The van der Waals surface area contributed by atoms with Crippen molar-refractivity contribution in [2.24, 2.45) is 0 Å². The molecule has 4 rings (SSSR count). The first-order valence-corrected chi connectivity index (χ1v) is 10.9. The molecule has 0 radical (unpaired) electrons. The van der Waals surface area contributed by atoms with Crippen LogP contribution in [-0.2, 0) is 5.75 Å². The summed E-state index contributed by atoms with van der Waals surface area (Å²) >= 11 is 3.16. The van der Waals surface area contributed by atoms with Crippen LogP contribution in [0, 0.1) is 13.8 Å². The molecule has 2 aromatic heterocycles. The number of thiazole rings is 1. The summed E-state index contributed by atoms with van der Waals surface area (Å²) in [4.78, 5) is 18.3. The van der Waals surface area contributed by atoms with E-state index in [1.807, 2.05) is 73.8 Å². The van der Waals surface area contributed by atoms with Crippen molar-refractivity contribution in [2.45, 2.75) is 24.5 Å². The molecular weight excluding hydrogens is 402 g/mol. The molecule has 146 valence electrons. The zero-order valence-electron chi connectivity index (χ0n) is 16.0. The molecule has 0 bridgehead atoms. The number of hydrogen-bond donors (Lipinski definition) is 1. The number of amides is 1. The van der Waals surface area contributed by atoms with Crippen LogP contribution in [0.1, 0.15) is 26.8 Å². The quantitative estimate of drug-likeness (QED) is 0.389. The highest BCUT2D eigenvalue weighted by molar-refractivity contribution is 7.98. The van der Waals surface area contributed by atoms with E-state index in [4.69, 9.17) is 4.52 Å². The third-order valence-electron chi connectivity index (χ3n) is 4.21. The second kappa shape index (κ2) is 8.63. The van der Waals surface area contributed by atoms with Crippen molar-refractivity contribution in [3.05, 3.63) is 82.0 Å². The van der Waals surface area contributed by atoms with Crippen molar-refractivity contribution in [2.75, 3.05) is 5.32 Å². The largest absolute Gasteiger partial charge is 0.360 e. The number of rotatable bonds is 6. The van der Waals surface area contributed by atoms with Gasteiger partial charge in [-0.1, -0.05) is 29.4 Å². The molecule has 0 atom stereocenters. The van der Waals surface area contributed by atoms with Crippen molar-refractivity contribution in [1.29, 1.82) is 0 Å². The molecule has 0 spiro atoms. The van der Waals surface area contributed by atoms with Crippen LogP contribution in [0.5, 0.6) is 0 Å². The van der Waals surface area contributed by atoms with E-state index in [1.165, 1.54) is 0 Å². The van der Waals surface area contributed by atoms with Gasteiger partial charge in [-0.3, -0.25) is 4.79 Å². The molecule has 1 N–H and O–H groups in total. The van der Waals surface area contributed by atoms with Crippen LogP contribution < -0.4 is 5.32 Å². The summed E-state index contributed by atoms with van der Waals surface area (Å²) in [5.41, 5.74) is 4.12. The summed E-state index contributed by atoms with van der Waals surface area (Å²) in [6.45, 7) is 3.87. The first-order valence-electron chi connectivity index (χ1n) is 9.06. The predicted octanol–water partition coefficient (Wildman–Crippen LogP) is 5.96. The minimum Gasteiger partial charge on any atom is -0.360 e. The molecule has 5 nitrogen and oxygen atoms in total. The average Bonchev–Trinajstić information content (AvgIpc) is 3.35. The molecule has 1 amide bonds. The molecule has 0 saturated heterocycles. The van der Waals surface area contributed by atoms with Crippen LogP contribution in [0.4, 0.5) is 5.69 Å². The fraction of sp³-hybridized carbons (Fsp3) is 0.136. The Morgan fingerprint density at radius 3 is 2.76 bits per heavy atom. The lowest BCUT2D eigenvalue weighted by Crippen LogP contribution is -2.13. The van der Waals surface area contributed by atoms with E-state index >= 15 is 0 Å². The van der Waals surface area contributed by atoms with Gasteiger partial charge in [0.05, 0.1) is 27.7 Å². The smallest absolute Gasteiger partial charge is 0.256 e. The highest BCUT2D eigenvalue weighted by Crippen LogP contribution is 2.28. The number of hydrogen-bond acceptors (Lipinski definition) is 6. The highest BCUT2D eigenvalue weighted by Gasteiger charge is 2.13. The Labute approximate surface area is 177 Å². The molecule has 0 saturated carbocycles. The zero-order valence-corrected chi connectivity index (χ0v) is 17.6. The lowest BCUT2D eigenvalue weighted by atomic mass is 10.1. The summed E-state index contributed by atoms with van der Waals surface area (Å²) in [6.07, 6.45) is 0. The number of carbonyl (C=O) groups excluding carboxylic acids is 1. The predicted molar refractivity (Wildman–Crippen MR) is 117 cm³/mol. The van der Waals surface area contributed by atoms with E-state index in [0.29, 0.717) is 11.3 Å². The third-order valence-corrected chi connectivity index (χ3v) is 6.08. The molecule has 0 aliphatic carbocycles. The maximum absolute atomic E-state index is 12.9. The topological polar surface area (TPSA) is 68.0 Å². The molecule has 0 aliphatic heterocycles. The maximum Gasteiger partial charge on any atom is 0.256 e. The Kier molecular flexibility index (Phi) is 5.78. The molecule has 0 aliphatic rings. The highest BCUT2D eigenvalue weighted by atomic mass is 32.2. The van der Waals surface area contributed by atoms with Crippen molar-refractivity contribution in [3.63, 3.8) is 0 Å². The molecule has 2 aromatic carbocycles. The molecule has 29 heavy (non-hydrogen) atoms. The first-order chi connectivity index (χ1) is 14.1. The molecule has 4 aromatic rings. The Bertz CT molecular complexity index is 1150. The van der Waals surface area contributed by atoms with Gasteiger partial charge in [0.25, 0.3) is 5.91 Å². The fourth-order valence-corrected chi connectivity index (χ4v) is 4.41. The molecule has 0 fully saturated rings. The zero-order chi connectivity index (χ0) is 20.2. The van der Waals surface area contributed by atoms with Gasteiger partial charge >= 0.3 is 0 Å². The van der Waals surface area contributed by atoms with Crippen molar-refractivity contribution >= 4 is 34.7 Å². The van der Waals surface area contributed by atoms with E-state index < -0.39 is 0 Å². The van der Waals surface area contributed by atoms with Crippen molar-refractivity contribution in [1.82, 2.24) is 10.1 Å². The van der Waals surface area contributed by atoms with Gasteiger partial charge in [-0.15, -0.1) is 23.1 Å². The number of thioether (sulfide) groups is 1. The Balaban J connectivity index is 1.50. The minimum atomic E-state index is -0.145. The van der Waals surface area contributed by atoms with Gasteiger partial charge in [-0.2, -0.15) is 0 Å². The van der Waals surface area contributed by atoms with Gasteiger partial charge < -0.3 is 9.84 Å². The van der Waals surface area contributed by atoms with Crippen molar-refractivity contribution < 1.29 is 9.32 Å². The van der Waals surface area contributed by atoms with Gasteiger partial charge in [-0.05, 0) is 38.1 Å². The van der Waals surface area contributed by atoms with E-state index in [1.54, 1.807) is 23.1 Å². The van der Waals surface area contributed by atoms with Crippen LogP contribution in [0.2, 0.25) is 0 Å². The van der Waals surface area contributed by atoms with Crippen molar-refractivity contribution in [3.8, 4) is 11.3 Å². The van der Waals surface area contributed by atoms with Crippen LogP contribution >= 0.6 is 23.1 Å². The standard InChI is InChI=1S/C22H19N3O2S2/c1-14-10-18(27-25-14)12-29-21-9-4-3-8-19(21)22(26)24-17-7-5-6-16(11-17)20-13-28-15(2)23-20/h3-11,13H,12H2,1-2H3,(H,24,26). The van der Waals surface area contributed by atoms with E-state index in [9.17, 15) is 4.79 Å². The van der Waals surface area contributed by atoms with Crippen LogP contribution in [0.25, 0.3) is 11.3 Å². The SMILES string of the molecule is Cc1cc(CSc2ccccc2C(=O)Nc2cccc(-c3csc(C)n3)c2)on1. The lowest BCUT2D eigenvalue weighted by Gasteiger charge is -2.10. The third kappa shape index (κ3) is 4.75. The summed E-state index contributed by atoms with van der Waals surface area (Å²) < 4.78 is 5.26. The van der Waals surface area contributed by atoms with Gasteiger partial charge in [0.15, 0.2) is 0 Å². The Morgan fingerprint density at radius 2 is 2.00 bits per heavy atom. The Morgan fingerprint density at radius 1 is 1.14 bits per heavy atom. The average molecular weight is 422 g/mol. The van der Waals surface area contributed by atoms with Gasteiger partial charge in [0.1, 0.15) is 5.76 Å². The summed E-state index contributed by atoms with van der Waals surface area (Å²) in [7, 11) is 0. The van der Waals surface area contributed by atoms with Crippen LogP contribution in [-0.4, -0.2) is 16.0 Å². The van der Waals surface area contributed by atoms with Crippen LogP contribution in [0.15, 0.2) is 69.4 Å². The monoisotopic (exact) mass is 421 g/mol. The second-order valence-corrected chi connectivity index (χ2v) is 8.59.